The Morgan fingerprint density at radius 2 is 2.13 bits per heavy atom. The van der Waals surface area contributed by atoms with E-state index in [0.29, 0.717) is 10.7 Å². The highest BCUT2D eigenvalue weighted by Gasteiger charge is 2.06. The normalized spacial score (nSPS) is 9.93. The lowest BCUT2D eigenvalue weighted by atomic mass is 10.1. The van der Waals surface area contributed by atoms with Crippen molar-refractivity contribution in [1.82, 2.24) is 4.98 Å². The Morgan fingerprint density at radius 1 is 1.33 bits per heavy atom. The molecule has 1 N–H and O–H groups in total. The van der Waals surface area contributed by atoms with Gasteiger partial charge in [-0.15, -0.1) is 0 Å². The molecular formula is C11H6BrClN2. The summed E-state index contributed by atoms with van der Waals surface area (Å²) in [4.78, 5) is 2.96. The van der Waals surface area contributed by atoms with Crippen LogP contribution in [0.3, 0.4) is 0 Å². The van der Waals surface area contributed by atoms with Gasteiger partial charge in [0.1, 0.15) is 11.2 Å². The second kappa shape index (κ2) is 4.09. The van der Waals surface area contributed by atoms with Crippen molar-refractivity contribution in [3.63, 3.8) is 0 Å². The van der Waals surface area contributed by atoms with Gasteiger partial charge in [-0.25, -0.2) is 0 Å². The van der Waals surface area contributed by atoms with Crippen LogP contribution in [-0.4, -0.2) is 4.98 Å². The van der Waals surface area contributed by atoms with E-state index in [1.165, 1.54) is 0 Å². The molecule has 0 amide bonds. The maximum absolute atomic E-state index is 8.77. The fraction of sp³-hybridized carbons (Fsp3) is 0. The number of aromatic nitrogens is 1. The third kappa shape index (κ3) is 2.06. The van der Waals surface area contributed by atoms with Gasteiger partial charge in [0.05, 0.1) is 5.56 Å². The van der Waals surface area contributed by atoms with Crippen LogP contribution in [-0.2, 0) is 0 Å². The predicted octanol–water partition coefficient (Wildman–Crippen LogP) is 3.97. The van der Waals surface area contributed by atoms with E-state index in [-0.39, 0.29) is 0 Å². The molecule has 0 aliphatic carbocycles. The number of aromatic amines is 1. The van der Waals surface area contributed by atoms with Crippen LogP contribution >= 0.6 is 27.5 Å². The van der Waals surface area contributed by atoms with Crippen molar-refractivity contribution in [2.45, 2.75) is 0 Å². The van der Waals surface area contributed by atoms with E-state index in [2.05, 4.69) is 20.9 Å². The summed E-state index contributed by atoms with van der Waals surface area (Å²) in [5.41, 5.74) is 2.30. The van der Waals surface area contributed by atoms with Crippen LogP contribution in [0.15, 0.2) is 34.8 Å². The Balaban J connectivity index is 2.51. The number of hydrogen-bond acceptors (Lipinski definition) is 1. The molecule has 0 aliphatic heterocycles. The largest absolute Gasteiger partial charge is 0.344 e. The Labute approximate surface area is 101 Å². The molecule has 1 aromatic heterocycles. The van der Waals surface area contributed by atoms with Crippen LogP contribution in [0.25, 0.3) is 11.3 Å². The molecule has 0 spiro atoms. The van der Waals surface area contributed by atoms with Gasteiger partial charge in [0.15, 0.2) is 0 Å². The highest BCUT2D eigenvalue weighted by atomic mass is 79.9. The fourth-order valence-electron chi connectivity index (χ4n) is 1.32. The van der Waals surface area contributed by atoms with Crippen LogP contribution in [0, 0.1) is 11.3 Å². The molecule has 0 unspecified atom stereocenters. The van der Waals surface area contributed by atoms with Gasteiger partial charge in [-0.2, -0.15) is 5.26 Å². The summed E-state index contributed by atoms with van der Waals surface area (Å²) < 4.78 is 0.990. The molecule has 0 fully saturated rings. The first-order valence-electron chi connectivity index (χ1n) is 4.25. The first-order valence-corrected chi connectivity index (χ1v) is 5.42. The summed E-state index contributed by atoms with van der Waals surface area (Å²) >= 11 is 9.23. The van der Waals surface area contributed by atoms with E-state index in [1.54, 1.807) is 6.07 Å². The minimum Gasteiger partial charge on any atom is -0.344 e. The number of benzene rings is 1. The molecule has 0 bridgehead atoms. The van der Waals surface area contributed by atoms with Crippen molar-refractivity contribution in [1.29, 1.82) is 5.26 Å². The average molecular weight is 282 g/mol. The molecule has 1 aromatic carbocycles. The summed E-state index contributed by atoms with van der Waals surface area (Å²) in [6, 6.07) is 11.6. The Kier molecular flexibility index (Phi) is 2.81. The smallest absolute Gasteiger partial charge is 0.124 e. The van der Waals surface area contributed by atoms with Gasteiger partial charge in [-0.05, 0) is 23.8 Å². The standard InChI is InChI=1S/C11H6BrClN2/c12-9-3-1-2-7(4-9)10-5-8(6-14)11(13)15-10/h1-5,15H. The van der Waals surface area contributed by atoms with Crippen molar-refractivity contribution in [3.05, 3.63) is 45.5 Å². The lowest BCUT2D eigenvalue weighted by molar-refractivity contribution is 1.39. The van der Waals surface area contributed by atoms with Crippen molar-refractivity contribution < 1.29 is 0 Å². The van der Waals surface area contributed by atoms with Crippen LogP contribution in [0.5, 0.6) is 0 Å². The van der Waals surface area contributed by atoms with Gasteiger partial charge in [-0.1, -0.05) is 39.7 Å². The van der Waals surface area contributed by atoms with Crippen LogP contribution in [0.1, 0.15) is 5.56 Å². The Morgan fingerprint density at radius 3 is 2.73 bits per heavy atom. The predicted molar refractivity (Wildman–Crippen MR) is 63.7 cm³/mol. The second-order valence-electron chi connectivity index (χ2n) is 3.03. The lowest BCUT2D eigenvalue weighted by Gasteiger charge is -1.97. The molecule has 0 radical (unpaired) electrons. The zero-order chi connectivity index (χ0) is 10.8. The number of rotatable bonds is 1. The molecule has 15 heavy (non-hydrogen) atoms. The lowest BCUT2D eigenvalue weighted by Crippen LogP contribution is -1.76. The molecule has 4 heteroatoms. The quantitative estimate of drug-likeness (QED) is 0.844. The topological polar surface area (TPSA) is 39.6 Å². The summed E-state index contributed by atoms with van der Waals surface area (Å²) in [7, 11) is 0. The Bertz CT molecular complexity index is 540. The molecule has 1 heterocycles. The maximum atomic E-state index is 8.77. The van der Waals surface area contributed by atoms with Crippen LogP contribution in [0.4, 0.5) is 0 Å². The van der Waals surface area contributed by atoms with E-state index in [0.717, 1.165) is 15.7 Å². The first kappa shape index (κ1) is 10.3. The molecule has 2 aromatic rings. The van der Waals surface area contributed by atoms with Crippen LogP contribution < -0.4 is 0 Å². The highest BCUT2D eigenvalue weighted by molar-refractivity contribution is 9.10. The number of hydrogen-bond donors (Lipinski definition) is 1. The van der Waals surface area contributed by atoms with E-state index in [1.807, 2.05) is 30.3 Å². The van der Waals surface area contributed by atoms with Gasteiger partial charge in [0.25, 0.3) is 0 Å². The fourth-order valence-corrected chi connectivity index (χ4v) is 1.92. The summed E-state index contributed by atoms with van der Waals surface area (Å²) in [6.45, 7) is 0. The summed E-state index contributed by atoms with van der Waals surface area (Å²) in [6.07, 6.45) is 0. The molecular weight excluding hydrogens is 275 g/mol. The van der Waals surface area contributed by atoms with Gasteiger partial charge in [0.2, 0.25) is 0 Å². The Hall–Kier alpha value is -1.24. The molecule has 0 atom stereocenters. The number of halogens is 2. The van der Waals surface area contributed by atoms with Crippen molar-refractivity contribution in [2.24, 2.45) is 0 Å². The number of nitriles is 1. The monoisotopic (exact) mass is 280 g/mol. The second-order valence-corrected chi connectivity index (χ2v) is 4.33. The third-order valence-electron chi connectivity index (χ3n) is 2.03. The summed E-state index contributed by atoms with van der Waals surface area (Å²) in [5.74, 6) is 0. The molecule has 2 rings (SSSR count). The zero-order valence-corrected chi connectivity index (χ0v) is 9.93. The van der Waals surface area contributed by atoms with Crippen LogP contribution in [0.2, 0.25) is 5.15 Å². The molecule has 74 valence electrons. The van der Waals surface area contributed by atoms with Crippen molar-refractivity contribution >= 4 is 27.5 Å². The minimum absolute atomic E-state index is 0.382. The molecule has 0 aliphatic rings. The minimum atomic E-state index is 0.382. The van der Waals surface area contributed by atoms with Gasteiger partial charge < -0.3 is 4.98 Å². The van der Waals surface area contributed by atoms with E-state index >= 15 is 0 Å². The maximum Gasteiger partial charge on any atom is 0.124 e. The first-order chi connectivity index (χ1) is 7.20. The van der Waals surface area contributed by atoms with E-state index < -0.39 is 0 Å². The van der Waals surface area contributed by atoms with E-state index in [9.17, 15) is 0 Å². The van der Waals surface area contributed by atoms with E-state index in [4.69, 9.17) is 16.9 Å². The SMILES string of the molecule is N#Cc1cc(-c2cccc(Br)c2)[nH]c1Cl. The highest BCUT2D eigenvalue weighted by Crippen LogP contribution is 2.26. The number of nitrogens with zero attached hydrogens (tertiary/aromatic N) is 1. The molecule has 2 nitrogen and oxygen atoms in total. The molecule has 0 saturated heterocycles. The van der Waals surface area contributed by atoms with Crippen molar-refractivity contribution in [3.8, 4) is 17.3 Å². The number of H-pyrrole nitrogens is 1. The third-order valence-corrected chi connectivity index (χ3v) is 2.82. The van der Waals surface area contributed by atoms with Crippen molar-refractivity contribution in [2.75, 3.05) is 0 Å². The number of nitrogens with one attached hydrogen (secondary N) is 1. The average Bonchev–Trinajstić information content (AvgIpc) is 2.60. The molecule has 0 saturated carbocycles. The van der Waals surface area contributed by atoms with Gasteiger partial charge in [0, 0.05) is 10.2 Å². The summed E-state index contributed by atoms with van der Waals surface area (Å²) in [5, 5.41) is 9.15. The van der Waals surface area contributed by atoms with Gasteiger partial charge >= 0.3 is 0 Å². The zero-order valence-electron chi connectivity index (χ0n) is 7.59. The van der Waals surface area contributed by atoms with Gasteiger partial charge in [-0.3, -0.25) is 0 Å².